The van der Waals surface area contributed by atoms with Gasteiger partial charge in [0.2, 0.25) is 0 Å². The minimum absolute atomic E-state index is 0.0607. The first kappa shape index (κ1) is 14.0. The van der Waals surface area contributed by atoms with Crippen molar-refractivity contribution in [1.29, 1.82) is 0 Å². The van der Waals surface area contributed by atoms with Gasteiger partial charge in [0.1, 0.15) is 5.82 Å². The first-order valence-electron chi connectivity index (χ1n) is 6.37. The SMILES string of the molecule is C/C(=C\C(=O)c1ccccc1)Nc1ccc(F)c(C)c1. The number of allylic oxidation sites excluding steroid dienone is 2. The maximum atomic E-state index is 13.2. The van der Waals surface area contributed by atoms with Gasteiger partial charge in [0.05, 0.1) is 0 Å². The molecule has 0 saturated carbocycles. The lowest BCUT2D eigenvalue weighted by molar-refractivity contribution is 0.104. The summed E-state index contributed by atoms with van der Waals surface area (Å²) in [6.07, 6.45) is 1.54. The van der Waals surface area contributed by atoms with Crippen LogP contribution in [-0.4, -0.2) is 5.78 Å². The van der Waals surface area contributed by atoms with E-state index in [9.17, 15) is 9.18 Å². The molecule has 0 spiro atoms. The van der Waals surface area contributed by atoms with Crippen molar-refractivity contribution in [3.8, 4) is 0 Å². The van der Waals surface area contributed by atoms with Crippen molar-refractivity contribution < 1.29 is 9.18 Å². The summed E-state index contributed by atoms with van der Waals surface area (Å²) in [6.45, 7) is 3.51. The zero-order valence-electron chi connectivity index (χ0n) is 11.5. The zero-order valence-corrected chi connectivity index (χ0v) is 11.5. The molecule has 0 bridgehead atoms. The quantitative estimate of drug-likeness (QED) is 0.661. The number of nitrogens with one attached hydrogen (secondary N) is 1. The fourth-order valence-corrected chi connectivity index (χ4v) is 1.87. The number of carbonyl (C=O) groups is 1. The third-order valence-corrected chi connectivity index (χ3v) is 2.91. The number of anilines is 1. The maximum absolute atomic E-state index is 13.2. The van der Waals surface area contributed by atoms with Gasteiger partial charge in [0.15, 0.2) is 5.78 Å². The first-order valence-corrected chi connectivity index (χ1v) is 6.37. The van der Waals surface area contributed by atoms with Crippen molar-refractivity contribution in [2.45, 2.75) is 13.8 Å². The number of ketones is 1. The van der Waals surface area contributed by atoms with Gasteiger partial charge in [-0.2, -0.15) is 0 Å². The van der Waals surface area contributed by atoms with Crippen LogP contribution in [0.2, 0.25) is 0 Å². The van der Waals surface area contributed by atoms with Gasteiger partial charge < -0.3 is 5.32 Å². The molecular formula is C17H16FNO. The Balaban J connectivity index is 2.11. The van der Waals surface area contributed by atoms with E-state index < -0.39 is 0 Å². The Bertz CT molecular complexity index is 647. The Morgan fingerprint density at radius 1 is 1.15 bits per heavy atom. The van der Waals surface area contributed by atoms with Crippen LogP contribution in [0.25, 0.3) is 0 Å². The van der Waals surface area contributed by atoms with Crippen LogP contribution in [0.15, 0.2) is 60.3 Å². The molecule has 2 aromatic carbocycles. The molecule has 0 amide bonds. The van der Waals surface area contributed by atoms with Gasteiger partial charge in [-0.15, -0.1) is 0 Å². The van der Waals surface area contributed by atoms with E-state index in [4.69, 9.17) is 0 Å². The average molecular weight is 269 g/mol. The largest absolute Gasteiger partial charge is 0.359 e. The van der Waals surface area contributed by atoms with E-state index in [-0.39, 0.29) is 11.6 Å². The fourth-order valence-electron chi connectivity index (χ4n) is 1.87. The van der Waals surface area contributed by atoms with Crippen LogP contribution in [0.5, 0.6) is 0 Å². The third kappa shape index (κ3) is 3.54. The van der Waals surface area contributed by atoms with Gasteiger partial charge in [0.25, 0.3) is 0 Å². The fraction of sp³-hybridized carbons (Fsp3) is 0.118. The minimum Gasteiger partial charge on any atom is -0.359 e. The summed E-state index contributed by atoms with van der Waals surface area (Å²) in [5, 5.41) is 3.08. The van der Waals surface area contributed by atoms with E-state index >= 15 is 0 Å². The van der Waals surface area contributed by atoms with Crippen molar-refractivity contribution in [2.24, 2.45) is 0 Å². The summed E-state index contributed by atoms with van der Waals surface area (Å²) in [6, 6.07) is 13.8. The van der Waals surface area contributed by atoms with Gasteiger partial charge in [-0.25, -0.2) is 4.39 Å². The van der Waals surface area contributed by atoms with Crippen LogP contribution in [0, 0.1) is 12.7 Å². The van der Waals surface area contributed by atoms with Crippen molar-refractivity contribution in [3.63, 3.8) is 0 Å². The van der Waals surface area contributed by atoms with Gasteiger partial charge in [0, 0.05) is 23.0 Å². The van der Waals surface area contributed by atoms with E-state index in [1.54, 1.807) is 38.1 Å². The van der Waals surface area contributed by atoms with Gasteiger partial charge >= 0.3 is 0 Å². The average Bonchev–Trinajstić information content (AvgIpc) is 2.44. The Hall–Kier alpha value is -2.42. The third-order valence-electron chi connectivity index (χ3n) is 2.91. The van der Waals surface area contributed by atoms with Gasteiger partial charge in [-0.1, -0.05) is 30.3 Å². The molecule has 2 nitrogen and oxygen atoms in total. The lowest BCUT2D eigenvalue weighted by atomic mass is 10.1. The lowest BCUT2D eigenvalue weighted by Gasteiger charge is -2.08. The summed E-state index contributed by atoms with van der Waals surface area (Å²) >= 11 is 0. The lowest BCUT2D eigenvalue weighted by Crippen LogP contribution is -2.01. The topological polar surface area (TPSA) is 29.1 Å². The van der Waals surface area contributed by atoms with Crippen LogP contribution >= 0.6 is 0 Å². The van der Waals surface area contributed by atoms with E-state index in [1.165, 1.54) is 12.1 Å². The van der Waals surface area contributed by atoms with Gasteiger partial charge in [-0.3, -0.25) is 4.79 Å². The number of carbonyl (C=O) groups excluding carboxylic acids is 1. The molecule has 0 unspecified atom stereocenters. The monoisotopic (exact) mass is 269 g/mol. The van der Waals surface area contributed by atoms with Crippen LogP contribution in [0.4, 0.5) is 10.1 Å². The van der Waals surface area contributed by atoms with E-state index in [0.29, 0.717) is 16.8 Å². The van der Waals surface area contributed by atoms with Crippen molar-refractivity contribution in [2.75, 3.05) is 5.32 Å². The molecule has 1 N–H and O–H groups in total. The van der Waals surface area contributed by atoms with Crippen molar-refractivity contribution in [3.05, 3.63) is 77.2 Å². The smallest absolute Gasteiger partial charge is 0.187 e. The first-order chi connectivity index (χ1) is 9.56. The molecule has 0 aromatic heterocycles. The Morgan fingerprint density at radius 3 is 2.50 bits per heavy atom. The molecular weight excluding hydrogens is 253 g/mol. The highest BCUT2D eigenvalue weighted by Crippen LogP contribution is 2.15. The summed E-state index contributed by atoms with van der Waals surface area (Å²) in [7, 11) is 0. The Kier molecular flexibility index (Phi) is 4.31. The predicted molar refractivity (Wildman–Crippen MR) is 79.3 cm³/mol. The predicted octanol–water partition coefficient (Wildman–Crippen LogP) is 4.33. The molecule has 0 radical (unpaired) electrons. The molecule has 102 valence electrons. The Morgan fingerprint density at radius 2 is 1.85 bits per heavy atom. The number of hydrogen-bond acceptors (Lipinski definition) is 2. The molecule has 0 aliphatic rings. The molecule has 0 fully saturated rings. The van der Waals surface area contributed by atoms with Crippen molar-refractivity contribution >= 4 is 11.5 Å². The molecule has 2 aromatic rings. The van der Waals surface area contributed by atoms with E-state index in [0.717, 1.165) is 5.69 Å². The normalized spacial score (nSPS) is 11.2. The highest BCUT2D eigenvalue weighted by Gasteiger charge is 2.03. The molecule has 0 aliphatic heterocycles. The molecule has 2 rings (SSSR count). The van der Waals surface area contributed by atoms with E-state index in [2.05, 4.69) is 5.32 Å². The van der Waals surface area contributed by atoms with Gasteiger partial charge in [-0.05, 0) is 37.6 Å². The minimum atomic E-state index is -0.238. The van der Waals surface area contributed by atoms with Crippen molar-refractivity contribution in [1.82, 2.24) is 0 Å². The van der Waals surface area contributed by atoms with Crippen LogP contribution in [-0.2, 0) is 0 Å². The number of rotatable bonds is 4. The van der Waals surface area contributed by atoms with Crippen LogP contribution in [0.3, 0.4) is 0 Å². The second kappa shape index (κ2) is 6.15. The highest BCUT2D eigenvalue weighted by atomic mass is 19.1. The summed E-state index contributed by atoms with van der Waals surface area (Å²) in [4.78, 5) is 12.0. The number of hydrogen-bond donors (Lipinski definition) is 1. The van der Waals surface area contributed by atoms with Crippen LogP contribution in [0.1, 0.15) is 22.8 Å². The Labute approximate surface area is 118 Å². The van der Waals surface area contributed by atoms with Crippen LogP contribution < -0.4 is 5.32 Å². The molecule has 0 heterocycles. The molecule has 0 saturated heterocycles. The number of benzene rings is 2. The van der Waals surface area contributed by atoms with E-state index in [1.807, 2.05) is 18.2 Å². The number of aryl methyl sites for hydroxylation is 1. The number of halogens is 1. The standard InChI is InChI=1S/C17H16FNO/c1-12-10-15(8-9-16(12)18)19-13(2)11-17(20)14-6-4-3-5-7-14/h3-11,19H,1-2H3/b13-11+. The maximum Gasteiger partial charge on any atom is 0.187 e. The molecule has 0 atom stereocenters. The molecule has 20 heavy (non-hydrogen) atoms. The highest BCUT2D eigenvalue weighted by molar-refractivity contribution is 6.05. The molecule has 3 heteroatoms. The second-order valence-corrected chi connectivity index (χ2v) is 4.65. The summed E-state index contributed by atoms with van der Waals surface area (Å²) < 4.78 is 13.2. The summed E-state index contributed by atoms with van der Waals surface area (Å²) in [5.74, 6) is -0.299. The summed E-state index contributed by atoms with van der Waals surface area (Å²) in [5.41, 5.74) is 2.68. The second-order valence-electron chi connectivity index (χ2n) is 4.65. The molecule has 0 aliphatic carbocycles. The zero-order chi connectivity index (χ0) is 14.5.